The van der Waals surface area contributed by atoms with Gasteiger partial charge in [0, 0.05) is 45.2 Å². The zero-order chi connectivity index (χ0) is 44.1. The lowest BCUT2D eigenvalue weighted by Crippen LogP contribution is -1.97. The van der Waals surface area contributed by atoms with E-state index in [9.17, 15) is 4.79 Å². The van der Waals surface area contributed by atoms with Crippen LogP contribution in [0.15, 0.2) is 176 Å². The Morgan fingerprint density at radius 2 is 0.833 bits per heavy atom. The fourth-order valence-electron chi connectivity index (χ4n) is 9.67. The quantitative estimate of drug-likeness (QED) is 0.149. The van der Waals surface area contributed by atoms with Crippen molar-refractivity contribution in [2.75, 3.05) is 0 Å². The summed E-state index contributed by atoms with van der Waals surface area (Å²) in [5.41, 5.74) is 13.4. The number of nitrogens with one attached hydrogen (secondary N) is 2. The van der Waals surface area contributed by atoms with Crippen LogP contribution in [-0.2, 0) is 0 Å². The summed E-state index contributed by atoms with van der Waals surface area (Å²) in [5.74, 6) is 1.26. The first-order chi connectivity index (χ1) is 32.6. The van der Waals surface area contributed by atoms with E-state index < -0.39 is 0 Å². The van der Waals surface area contributed by atoms with Gasteiger partial charge < -0.3 is 14.7 Å². The second-order valence-electron chi connectivity index (χ2n) is 16.8. The van der Waals surface area contributed by atoms with Crippen molar-refractivity contribution >= 4 is 84.5 Å². The van der Waals surface area contributed by atoms with Crippen molar-refractivity contribution in [1.29, 1.82) is 0 Å². The molecule has 5 heterocycles. The van der Waals surface area contributed by atoms with E-state index in [2.05, 4.69) is 180 Å². The smallest absolute Gasteiger partial charge is 0.176 e. The van der Waals surface area contributed by atoms with Crippen molar-refractivity contribution in [2.45, 2.75) is 19.8 Å². The lowest BCUT2D eigenvalue weighted by atomic mass is 9.97. The number of aromatic amines is 2. The van der Waals surface area contributed by atoms with Crippen LogP contribution < -0.4 is 4.74 Å². The molecule has 8 bridgehead atoms. The molecular formula is C60H42N4O2. The molecule has 0 atom stereocenters. The summed E-state index contributed by atoms with van der Waals surface area (Å²) in [6.45, 7) is 2.02. The number of hydrogen-bond donors (Lipinski definition) is 2. The topological polar surface area (TPSA) is 83.7 Å². The molecule has 6 heteroatoms. The highest BCUT2D eigenvalue weighted by atomic mass is 16.5. The van der Waals surface area contributed by atoms with Gasteiger partial charge in [0.1, 0.15) is 11.4 Å². The molecule has 2 aliphatic heterocycles. The van der Waals surface area contributed by atoms with E-state index in [0.29, 0.717) is 29.2 Å². The van der Waals surface area contributed by atoms with Gasteiger partial charge in [-0.1, -0.05) is 134 Å². The molecule has 0 radical (unpaired) electrons. The molecule has 0 aliphatic carbocycles. The average molecular weight is 851 g/mol. The summed E-state index contributed by atoms with van der Waals surface area (Å²) in [6.07, 6.45) is 9.69. The number of rotatable bonds is 8. The van der Waals surface area contributed by atoms with E-state index in [1.54, 1.807) is 0 Å². The Morgan fingerprint density at radius 1 is 0.439 bits per heavy atom. The van der Waals surface area contributed by atoms with Gasteiger partial charge in [0.05, 0.1) is 22.6 Å². The van der Waals surface area contributed by atoms with Crippen LogP contribution in [0.1, 0.15) is 52.9 Å². The number of carbonyl (C=O) groups is 1. The first-order valence-electron chi connectivity index (χ1n) is 22.5. The maximum absolute atomic E-state index is 12.8. The molecule has 10 aromatic rings. The lowest BCUT2D eigenvalue weighted by Gasteiger charge is -2.11. The first kappa shape index (κ1) is 39.0. The SMILES string of the molecule is CCCC(=O)c1ccc(Oc2c3nc(c(-c4cccc5ccccc45)c4ccc([nH]4)c(-c4cccc5ccccc45)c4nc(c(-c5cccc6ccccc56)c5ccc2[nH]5)C=C4)C=C3)cc1. The maximum Gasteiger partial charge on any atom is 0.176 e. The number of ether oxygens (including phenoxy) is 1. The van der Waals surface area contributed by atoms with E-state index in [1.165, 1.54) is 0 Å². The van der Waals surface area contributed by atoms with E-state index in [-0.39, 0.29) is 5.78 Å². The third kappa shape index (κ3) is 6.79. The van der Waals surface area contributed by atoms with Crippen molar-refractivity contribution in [3.05, 3.63) is 204 Å². The van der Waals surface area contributed by atoms with Crippen LogP contribution in [0.3, 0.4) is 0 Å². The number of aromatic nitrogens is 4. The molecular weight excluding hydrogens is 809 g/mol. The highest BCUT2D eigenvalue weighted by Crippen LogP contribution is 2.42. The number of ketones is 1. The van der Waals surface area contributed by atoms with Crippen molar-refractivity contribution in [2.24, 2.45) is 0 Å². The maximum atomic E-state index is 12.8. The molecule has 3 aromatic heterocycles. The van der Waals surface area contributed by atoms with Crippen molar-refractivity contribution in [1.82, 2.24) is 19.9 Å². The van der Waals surface area contributed by atoms with E-state index in [4.69, 9.17) is 14.7 Å². The van der Waals surface area contributed by atoms with Crippen LogP contribution in [-0.4, -0.2) is 25.7 Å². The molecule has 0 spiro atoms. The molecule has 0 amide bonds. The number of carbonyl (C=O) groups excluding carboxylic acids is 1. The molecule has 12 rings (SSSR count). The summed E-state index contributed by atoms with van der Waals surface area (Å²) in [7, 11) is 0. The third-order valence-corrected chi connectivity index (χ3v) is 12.8. The van der Waals surface area contributed by atoms with Crippen LogP contribution in [0, 0.1) is 0 Å². The van der Waals surface area contributed by atoms with Crippen LogP contribution in [0.2, 0.25) is 0 Å². The molecule has 6 nitrogen and oxygen atoms in total. The van der Waals surface area contributed by atoms with Gasteiger partial charge in [-0.2, -0.15) is 0 Å². The Balaban J connectivity index is 1.22. The van der Waals surface area contributed by atoms with Gasteiger partial charge in [-0.15, -0.1) is 0 Å². The largest absolute Gasteiger partial charge is 0.453 e. The zero-order valence-electron chi connectivity index (χ0n) is 36.2. The van der Waals surface area contributed by atoms with E-state index in [0.717, 1.165) is 111 Å². The highest BCUT2D eigenvalue weighted by molar-refractivity contribution is 6.08. The van der Waals surface area contributed by atoms with Gasteiger partial charge in [-0.05, 0) is 128 Å². The van der Waals surface area contributed by atoms with Gasteiger partial charge in [0.2, 0.25) is 0 Å². The van der Waals surface area contributed by atoms with Crippen molar-refractivity contribution < 1.29 is 9.53 Å². The minimum Gasteiger partial charge on any atom is -0.453 e. The standard InChI is InChI=1S/C60H42N4O2/c1-2-12-56(65)40-25-27-41(28-26-40)66-60-54-35-33-52(63-54)58(46-23-10-17-38-14-4-7-20-43(38)46)50-31-29-48(61-50)57(45-22-9-16-37-13-3-6-19-42(37)45)49-30-32-51(62-49)59(53-34-36-55(60)64-53)47-24-11-18-39-15-5-8-21-44(39)47/h3-11,13-36,61,64H,2,12H2,1H3. The molecule has 7 aromatic carbocycles. The summed E-state index contributed by atoms with van der Waals surface area (Å²) in [5, 5.41) is 6.81. The second-order valence-corrected chi connectivity index (χ2v) is 16.8. The van der Waals surface area contributed by atoms with Crippen LogP contribution in [0.4, 0.5) is 0 Å². The summed E-state index contributed by atoms with van der Waals surface area (Å²) in [4.78, 5) is 31.6. The Labute approximate surface area is 381 Å². The van der Waals surface area contributed by atoms with E-state index in [1.807, 2.05) is 37.3 Å². The first-order valence-corrected chi connectivity index (χ1v) is 22.5. The Hall–Kier alpha value is -8.61. The summed E-state index contributed by atoms with van der Waals surface area (Å²) < 4.78 is 6.89. The monoisotopic (exact) mass is 850 g/mol. The molecule has 0 saturated carbocycles. The summed E-state index contributed by atoms with van der Waals surface area (Å²) in [6, 6.07) is 60.8. The highest BCUT2D eigenvalue weighted by Gasteiger charge is 2.21. The fourth-order valence-corrected chi connectivity index (χ4v) is 9.67. The molecule has 2 aliphatic rings. The predicted octanol–water partition coefficient (Wildman–Crippen LogP) is 15.9. The second kappa shape index (κ2) is 16.2. The van der Waals surface area contributed by atoms with Gasteiger partial charge in [-0.3, -0.25) is 4.79 Å². The number of benzene rings is 7. The van der Waals surface area contributed by atoms with Crippen molar-refractivity contribution in [3.63, 3.8) is 0 Å². The van der Waals surface area contributed by atoms with Gasteiger partial charge in [0.25, 0.3) is 0 Å². The van der Waals surface area contributed by atoms with Crippen LogP contribution in [0.5, 0.6) is 11.5 Å². The minimum absolute atomic E-state index is 0.115. The summed E-state index contributed by atoms with van der Waals surface area (Å²) >= 11 is 0. The number of fused-ring (bicyclic) bond motifs is 11. The van der Waals surface area contributed by atoms with Gasteiger partial charge in [-0.25, -0.2) is 9.97 Å². The Kier molecular flexibility index (Phi) is 9.57. The fraction of sp³-hybridized carbons (Fsp3) is 0.0500. The molecule has 66 heavy (non-hydrogen) atoms. The molecule has 0 unspecified atom stereocenters. The van der Waals surface area contributed by atoms with Gasteiger partial charge in [0.15, 0.2) is 11.5 Å². The Morgan fingerprint density at radius 3 is 1.30 bits per heavy atom. The normalized spacial score (nSPS) is 12.1. The molecule has 2 N–H and O–H groups in total. The van der Waals surface area contributed by atoms with Crippen LogP contribution in [0.25, 0.3) is 112 Å². The average Bonchev–Trinajstić information content (AvgIpc) is 4.22. The number of Topliss-reactive ketones (excluding diaryl/α,β-unsaturated/α-hetero) is 1. The third-order valence-electron chi connectivity index (χ3n) is 12.8. The predicted molar refractivity (Wildman–Crippen MR) is 273 cm³/mol. The number of H-pyrrole nitrogens is 2. The molecule has 0 saturated heterocycles. The molecule has 314 valence electrons. The van der Waals surface area contributed by atoms with Crippen molar-refractivity contribution in [3.8, 4) is 44.9 Å². The number of nitrogens with zero attached hydrogens (tertiary/aromatic N) is 2. The van der Waals surface area contributed by atoms with Crippen LogP contribution >= 0.6 is 0 Å². The van der Waals surface area contributed by atoms with E-state index >= 15 is 0 Å². The Bertz CT molecular complexity index is 3740. The number of hydrogen-bond acceptors (Lipinski definition) is 4. The zero-order valence-corrected chi connectivity index (χ0v) is 36.2. The van der Waals surface area contributed by atoms with Gasteiger partial charge >= 0.3 is 0 Å². The molecule has 0 fully saturated rings. The minimum atomic E-state index is 0.115. The lowest BCUT2D eigenvalue weighted by molar-refractivity contribution is 0.0981.